The van der Waals surface area contributed by atoms with Crippen LogP contribution in [0.3, 0.4) is 0 Å². The van der Waals surface area contributed by atoms with Crippen molar-refractivity contribution in [1.82, 2.24) is 20.2 Å². The van der Waals surface area contributed by atoms with Gasteiger partial charge in [-0.05, 0) is 37.0 Å². The van der Waals surface area contributed by atoms with Crippen LogP contribution in [0, 0.1) is 0 Å². The summed E-state index contributed by atoms with van der Waals surface area (Å²) in [5, 5.41) is 7.45. The largest absolute Gasteiger partial charge is 0.355 e. The maximum atomic E-state index is 4.79. The molecule has 0 unspecified atom stereocenters. The zero-order valence-corrected chi connectivity index (χ0v) is 13.4. The monoisotopic (exact) mass is 307 g/mol. The Labute approximate surface area is 135 Å². The molecule has 2 aromatic heterocycles. The van der Waals surface area contributed by atoms with Crippen LogP contribution in [0.2, 0.25) is 0 Å². The number of nitrogens with zero attached hydrogens (tertiary/aromatic N) is 4. The Bertz CT molecular complexity index is 810. The van der Waals surface area contributed by atoms with Gasteiger partial charge in [0.25, 0.3) is 0 Å². The lowest BCUT2D eigenvalue weighted by atomic mass is 9.92. The Kier molecular flexibility index (Phi) is 3.69. The molecule has 1 aliphatic rings. The SMILES string of the molecule is CCc1cn[nH]c1[C@H]1CCCN(c2cnc3ccccc3n2)C1. The van der Waals surface area contributed by atoms with Gasteiger partial charge in [0.2, 0.25) is 0 Å². The van der Waals surface area contributed by atoms with Crippen LogP contribution in [-0.4, -0.2) is 33.3 Å². The molecule has 4 rings (SSSR count). The molecule has 118 valence electrons. The zero-order chi connectivity index (χ0) is 15.6. The Morgan fingerprint density at radius 1 is 1.22 bits per heavy atom. The number of hydrogen-bond acceptors (Lipinski definition) is 4. The number of nitrogens with one attached hydrogen (secondary N) is 1. The van der Waals surface area contributed by atoms with Gasteiger partial charge in [-0.3, -0.25) is 10.1 Å². The molecule has 0 bridgehead atoms. The summed E-state index contributed by atoms with van der Waals surface area (Å²) >= 11 is 0. The zero-order valence-electron chi connectivity index (χ0n) is 13.4. The minimum atomic E-state index is 0.495. The van der Waals surface area contributed by atoms with Crippen LogP contribution in [-0.2, 0) is 6.42 Å². The number of anilines is 1. The molecule has 0 amide bonds. The van der Waals surface area contributed by atoms with E-state index in [0.717, 1.165) is 36.4 Å². The molecule has 0 radical (unpaired) electrons. The summed E-state index contributed by atoms with van der Waals surface area (Å²) in [6.07, 6.45) is 7.26. The number of para-hydroxylation sites is 2. The second kappa shape index (κ2) is 5.99. The molecule has 1 aliphatic heterocycles. The molecular weight excluding hydrogens is 286 g/mol. The fourth-order valence-electron chi connectivity index (χ4n) is 3.48. The summed E-state index contributed by atoms with van der Waals surface area (Å²) in [6.45, 7) is 4.20. The van der Waals surface area contributed by atoms with E-state index in [1.54, 1.807) is 0 Å². The Balaban J connectivity index is 1.61. The molecular formula is C18H21N5. The van der Waals surface area contributed by atoms with Crippen molar-refractivity contribution in [2.45, 2.75) is 32.1 Å². The van der Waals surface area contributed by atoms with Crippen molar-refractivity contribution >= 4 is 16.9 Å². The molecule has 23 heavy (non-hydrogen) atoms. The van der Waals surface area contributed by atoms with Gasteiger partial charge < -0.3 is 4.90 Å². The highest BCUT2D eigenvalue weighted by molar-refractivity contribution is 5.75. The van der Waals surface area contributed by atoms with Crippen molar-refractivity contribution in [2.75, 3.05) is 18.0 Å². The third-order valence-corrected chi connectivity index (χ3v) is 4.72. The minimum absolute atomic E-state index is 0.495. The quantitative estimate of drug-likeness (QED) is 0.806. The fourth-order valence-corrected chi connectivity index (χ4v) is 3.48. The van der Waals surface area contributed by atoms with Crippen LogP contribution in [0.5, 0.6) is 0 Å². The smallest absolute Gasteiger partial charge is 0.147 e. The fraction of sp³-hybridized carbons (Fsp3) is 0.389. The summed E-state index contributed by atoms with van der Waals surface area (Å²) in [5.41, 5.74) is 4.54. The standard InChI is InChI=1S/C18H21N5/c1-2-13-10-20-22-18(13)14-6-5-9-23(12-14)17-11-19-15-7-3-4-8-16(15)21-17/h3-4,7-8,10-11,14H,2,5-6,9,12H2,1H3,(H,20,22)/t14-/m0/s1. The second-order valence-electron chi connectivity index (χ2n) is 6.16. The summed E-state index contributed by atoms with van der Waals surface area (Å²) in [6, 6.07) is 8.04. The number of aromatic nitrogens is 4. The molecule has 3 heterocycles. The highest BCUT2D eigenvalue weighted by Gasteiger charge is 2.25. The number of fused-ring (bicyclic) bond motifs is 1. The summed E-state index contributed by atoms with van der Waals surface area (Å²) in [5.74, 6) is 1.47. The molecule has 1 N–H and O–H groups in total. The summed E-state index contributed by atoms with van der Waals surface area (Å²) < 4.78 is 0. The Hall–Kier alpha value is -2.43. The van der Waals surface area contributed by atoms with E-state index in [-0.39, 0.29) is 0 Å². The van der Waals surface area contributed by atoms with Crippen LogP contribution in [0.4, 0.5) is 5.82 Å². The molecule has 1 saturated heterocycles. The highest BCUT2D eigenvalue weighted by Crippen LogP contribution is 2.30. The van der Waals surface area contributed by atoms with Gasteiger partial charge in [-0.1, -0.05) is 19.1 Å². The van der Waals surface area contributed by atoms with Gasteiger partial charge in [-0.2, -0.15) is 5.10 Å². The predicted octanol–water partition coefficient (Wildman–Crippen LogP) is 3.30. The van der Waals surface area contributed by atoms with Crippen LogP contribution in [0.1, 0.15) is 36.9 Å². The van der Waals surface area contributed by atoms with E-state index in [1.165, 1.54) is 24.1 Å². The van der Waals surface area contributed by atoms with E-state index in [1.807, 2.05) is 36.7 Å². The lowest BCUT2D eigenvalue weighted by Crippen LogP contribution is -2.35. The first-order valence-electron chi connectivity index (χ1n) is 8.34. The van der Waals surface area contributed by atoms with Crippen LogP contribution < -0.4 is 4.90 Å². The lowest BCUT2D eigenvalue weighted by Gasteiger charge is -2.33. The van der Waals surface area contributed by atoms with Crippen LogP contribution in [0.15, 0.2) is 36.7 Å². The van der Waals surface area contributed by atoms with E-state index in [9.17, 15) is 0 Å². The van der Waals surface area contributed by atoms with Crippen molar-refractivity contribution in [2.24, 2.45) is 0 Å². The maximum absolute atomic E-state index is 4.79. The van der Waals surface area contributed by atoms with Crippen molar-refractivity contribution in [3.63, 3.8) is 0 Å². The number of piperidine rings is 1. The second-order valence-corrected chi connectivity index (χ2v) is 6.16. The number of benzene rings is 1. The van der Waals surface area contributed by atoms with Gasteiger partial charge in [0.15, 0.2) is 0 Å². The van der Waals surface area contributed by atoms with Gasteiger partial charge in [0.05, 0.1) is 23.4 Å². The highest BCUT2D eigenvalue weighted by atomic mass is 15.2. The van der Waals surface area contributed by atoms with Crippen molar-refractivity contribution in [3.05, 3.63) is 47.9 Å². The van der Waals surface area contributed by atoms with E-state index in [0.29, 0.717) is 5.92 Å². The molecule has 5 heteroatoms. The van der Waals surface area contributed by atoms with Gasteiger partial charge in [0, 0.05) is 24.7 Å². The van der Waals surface area contributed by atoms with E-state index < -0.39 is 0 Å². The van der Waals surface area contributed by atoms with Gasteiger partial charge >= 0.3 is 0 Å². The van der Waals surface area contributed by atoms with E-state index in [2.05, 4.69) is 27.0 Å². The molecule has 3 aromatic rings. The molecule has 1 aromatic carbocycles. The van der Waals surface area contributed by atoms with E-state index >= 15 is 0 Å². The molecule has 0 aliphatic carbocycles. The van der Waals surface area contributed by atoms with Crippen molar-refractivity contribution < 1.29 is 0 Å². The predicted molar refractivity (Wildman–Crippen MR) is 91.7 cm³/mol. The minimum Gasteiger partial charge on any atom is -0.355 e. The molecule has 1 fully saturated rings. The Morgan fingerprint density at radius 2 is 2.09 bits per heavy atom. The summed E-state index contributed by atoms with van der Waals surface area (Å²) in [7, 11) is 0. The molecule has 1 atom stereocenters. The van der Waals surface area contributed by atoms with Gasteiger partial charge in [-0.25, -0.2) is 4.98 Å². The van der Waals surface area contributed by atoms with Crippen LogP contribution >= 0.6 is 0 Å². The van der Waals surface area contributed by atoms with Gasteiger partial charge in [-0.15, -0.1) is 0 Å². The van der Waals surface area contributed by atoms with Gasteiger partial charge in [0.1, 0.15) is 5.82 Å². The average Bonchev–Trinajstić information content (AvgIpc) is 3.10. The van der Waals surface area contributed by atoms with E-state index in [4.69, 9.17) is 4.98 Å². The average molecular weight is 307 g/mol. The molecule has 5 nitrogen and oxygen atoms in total. The molecule has 0 spiro atoms. The number of H-pyrrole nitrogens is 1. The van der Waals surface area contributed by atoms with Crippen molar-refractivity contribution in [3.8, 4) is 0 Å². The third kappa shape index (κ3) is 2.67. The number of rotatable bonds is 3. The number of hydrogen-bond donors (Lipinski definition) is 1. The lowest BCUT2D eigenvalue weighted by molar-refractivity contribution is 0.495. The number of aryl methyl sites for hydroxylation is 1. The first kappa shape index (κ1) is 14.2. The maximum Gasteiger partial charge on any atom is 0.147 e. The normalized spacial score (nSPS) is 18.5. The van der Waals surface area contributed by atoms with Crippen LogP contribution in [0.25, 0.3) is 11.0 Å². The third-order valence-electron chi connectivity index (χ3n) is 4.72. The molecule has 0 saturated carbocycles. The Morgan fingerprint density at radius 3 is 2.96 bits per heavy atom. The first-order valence-corrected chi connectivity index (χ1v) is 8.34. The topological polar surface area (TPSA) is 57.7 Å². The summed E-state index contributed by atoms with van der Waals surface area (Å²) in [4.78, 5) is 11.7. The first-order chi connectivity index (χ1) is 11.3. The van der Waals surface area contributed by atoms with Crippen molar-refractivity contribution in [1.29, 1.82) is 0 Å². The number of aromatic amines is 1.